The Bertz CT molecular complexity index is 563. The molecular weight excluding hydrogens is 220 g/mol. The van der Waals surface area contributed by atoms with Crippen LogP contribution < -0.4 is 4.74 Å². The minimum absolute atomic E-state index is 0.489. The molecule has 1 N–H and O–H groups in total. The van der Waals surface area contributed by atoms with Crippen LogP contribution in [0.5, 0.6) is 5.75 Å². The lowest BCUT2D eigenvalue weighted by atomic mass is 10.1. The second-order valence-corrected chi connectivity index (χ2v) is 3.87. The van der Waals surface area contributed by atoms with Gasteiger partial charge in [-0.15, -0.1) is 0 Å². The molecule has 0 saturated heterocycles. The standard InChI is InChI=1S/C12H12N2OS/c1-8-7-13-12(16)14-11(8)9-4-3-5-10(6-9)15-2/h3-7H,1-2H3,(H,13,14,16). The highest BCUT2D eigenvalue weighted by molar-refractivity contribution is 7.71. The summed E-state index contributed by atoms with van der Waals surface area (Å²) in [4.78, 5) is 7.13. The van der Waals surface area contributed by atoms with Gasteiger partial charge in [-0.25, -0.2) is 4.98 Å². The van der Waals surface area contributed by atoms with Gasteiger partial charge in [0.05, 0.1) is 12.8 Å². The van der Waals surface area contributed by atoms with Gasteiger partial charge in [-0.05, 0) is 36.8 Å². The van der Waals surface area contributed by atoms with Gasteiger partial charge in [-0.1, -0.05) is 12.1 Å². The average Bonchev–Trinajstić information content (AvgIpc) is 2.32. The summed E-state index contributed by atoms with van der Waals surface area (Å²) in [7, 11) is 1.65. The summed E-state index contributed by atoms with van der Waals surface area (Å²) < 4.78 is 5.68. The average molecular weight is 232 g/mol. The number of nitrogens with zero attached hydrogens (tertiary/aromatic N) is 1. The van der Waals surface area contributed by atoms with E-state index in [4.69, 9.17) is 17.0 Å². The van der Waals surface area contributed by atoms with Crippen LogP contribution in [0.25, 0.3) is 11.3 Å². The summed E-state index contributed by atoms with van der Waals surface area (Å²) in [6.45, 7) is 1.99. The second-order valence-electron chi connectivity index (χ2n) is 3.48. The highest BCUT2D eigenvalue weighted by Gasteiger charge is 2.03. The monoisotopic (exact) mass is 232 g/mol. The fourth-order valence-corrected chi connectivity index (χ4v) is 1.69. The molecule has 0 spiro atoms. The fraction of sp³-hybridized carbons (Fsp3) is 0.167. The third-order valence-electron chi connectivity index (χ3n) is 2.36. The Hall–Kier alpha value is -1.68. The predicted octanol–water partition coefficient (Wildman–Crippen LogP) is 3.12. The van der Waals surface area contributed by atoms with Crippen molar-refractivity contribution in [3.8, 4) is 17.0 Å². The van der Waals surface area contributed by atoms with Gasteiger partial charge in [0, 0.05) is 11.8 Å². The molecule has 1 aromatic carbocycles. The first-order valence-electron chi connectivity index (χ1n) is 4.91. The third kappa shape index (κ3) is 2.12. The molecule has 3 nitrogen and oxygen atoms in total. The van der Waals surface area contributed by atoms with E-state index in [2.05, 4.69) is 9.97 Å². The van der Waals surface area contributed by atoms with Crippen LogP contribution in [0.4, 0.5) is 0 Å². The molecular formula is C12H12N2OS. The van der Waals surface area contributed by atoms with Gasteiger partial charge < -0.3 is 9.72 Å². The van der Waals surface area contributed by atoms with Crippen molar-refractivity contribution in [2.24, 2.45) is 0 Å². The molecule has 16 heavy (non-hydrogen) atoms. The molecule has 1 aromatic heterocycles. The van der Waals surface area contributed by atoms with Gasteiger partial charge in [0.1, 0.15) is 5.75 Å². The number of rotatable bonds is 2. The molecule has 82 valence electrons. The second kappa shape index (κ2) is 4.45. The van der Waals surface area contributed by atoms with Gasteiger partial charge in [-0.2, -0.15) is 0 Å². The quantitative estimate of drug-likeness (QED) is 0.808. The maximum absolute atomic E-state index is 5.19. The van der Waals surface area contributed by atoms with E-state index in [1.165, 1.54) is 0 Å². The highest BCUT2D eigenvalue weighted by Crippen LogP contribution is 2.23. The molecule has 0 fully saturated rings. The normalized spacial score (nSPS) is 10.1. The molecule has 0 aliphatic carbocycles. The van der Waals surface area contributed by atoms with E-state index in [9.17, 15) is 0 Å². The smallest absolute Gasteiger partial charge is 0.197 e. The first-order valence-corrected chi connectivity index (χ1v) is 5.32. The summed E-state index contributed by atoms with van der Waals surface area (Å²) in [5.74, 6) is 0.827. The van der Waals surface area contributed by atoms with Crippen LogP contribution in [-0.2, 0) is 0 Å². The van der Waals surface area contributed by atoms with Crippen LogP contribution >= 0.6 is 12.2 Å². The van der Waals surface area contributed by atoms with Crippen molar-refractivity contribution in [3.05, 3.63) is 40.8 Å². The molecule has 2 rings (SSSR count). The molecule has 4 heteroatoms. The molecule has 0 radical (unpaired) electrons. The molecule has 0 saturated carbocycles. The molecule has 0 atom stereocenters. The summed E-state index contributed by atoms with van der Waals surface area (Å²) >= 11 is 5.02. The largest absolute Gasteiger partial charge is 0.497 e. The Morgan fingerprint density at radius 2 is 2.19 bits per heavy atom. The molecule has 0 unspecified atom stereocenters. The Labute approximate surface area is 99.1 Å². The summed E-state index contributed by atoms with van der Waals surface area (Å²) in [6, 6.07) is 7.84. The van der Waals surface area contributed by atoms with Crippen LogP contribution in [0, 0.1) is 11.7 Å². The minimum atomic E-state index is 0.489. The SMILES string of the molecule is COc1cccc(-c2[nH]c(=S)ncc2C)c1. The van der Waals surface area contributed by atoms with Gasteiger partial charge in [-0.3, -0.25) is 0 Å². The number of H-pyrrole nitrogens is 1. The number of nitrogens with one attached hydrogen (secondary N) is 1. The van der Waals surface area contributed by atoms with Gasteiger partial charge in [0.15, 0.2) is 4.77 Å². The maximum atomic E-state index is 5.19. The Morgan fingerprint density at radius 3 is 2.94 bits per heavy atom. The number of ether oxygens (including phenoxy) is 1. The molecule has 0 aliphatic heterocycles. The number of aryl methyl sites for hydroxylation is 1. The van der Waals surface area contributed by atoms with E-state index < -0.39 is 0 Å². The third-order valence-corrected chi connectivity index (χ3v) is 2.57. The van der Waals surface area contributed by atoms with Crippen LogP contribution in [0.2, 0.25) is 0 Å². The molecule has 1 heterocycles. The van der Waals surface area contributed by atoms with E-state index in [0.717, 1.165) is 22.6 Å². The van der Waals surface area contributed by atoms with E-state index in [1.54, 1.807) is 13.3 Å². The van der Waals surface area contributed by atoms with Crippen molar-refractivity contribution < 1.29 is 4.74 Å². The first-order chi connectivity index (χ1) is 7.70. The number of aromatic amines is 1. The summed E-state index contributed by atoms with van der Waals surface area (Å²) in [6.07, 6.45) is 1.77. The topological polar surface area (TPSA) is 37.9 Å². The Morgan fingerprint density at radius 1 is 1.38 bits per heavy atom. The Kier molecular flexibility index (Phi) is 3.01. The molecule has 0 amide bonds. The van der Waals surface area contributed by atoms with Gasteiger partial charge in [0.25, 0.3) is 0 Å². The van der Waals surface area contributed by atoms with Crippen molar-refractivity contribution in [1.29, 1.82) is 0 Å². The van der Waals surface area contributed by atoms with Gasteiger partial charge in [0.2, 0.25) is 0 Å². The lowest BCUT2D eigenvalue weighted by Gasteiger charge is -2.07. The number of methoxy groups -OCH3 is 1. The number of hydrogen-bond acceptors (Lipinski definition) is 3. The van der Waals surface area contributed by atoms with Crippen LogP contribution in [0.15, 0.2) is 30.5 Å². The van der Waals surface area contributed by atoms with Crippen molar-refractivity contribution in [1.82, 2.24) is 9.97 Å². The first kappa shape index (κ1) is 10.8. The zero-order chi connectivity index (χ0) is 11.5. The number of benzene rings is 1. The van der Waals surface area contributed by atoms with Gasteiger partial charge >= 0.3 is 0 Å². The highest BCUT2D eigenvalue weighted by atomic mass is 32.1. The zero-order valence-electron chi connectivity index (χ0n) is 9.15. The van der Waals surface area contributed by atoms with Crippen molar-refractivity contribution >= 4 is 12.2 Å². The number of aromatic nitrogens is 2. The van der Waals surface area contributed by atoms with Crippen molar-refractivity contribution in [3.63, 3.8) is 0 Å². The molecule has 0 bridgehead atoms. The van der Waals surface area contributed by atoms with E-state index in [0.29, 0.717) is 4.77 Å². The Balaban J connectivity index is 2.57. The van der Waals surface area contributed by atoms with Crippen LogP contribution in [0.1, 0.15) is 5.56 Å². The van der Waals surface area contributed by atoms with E-state index in [-0.39, 0.29) is 0 Å². The van der Waals surface area contributed by atoms with E-state index >= 15 is 0 Å². The fourth-order valence-electron chi connectivity index (χ4n) is 1.54. The van der Waals surface area contributed by atoms with E-state index in [1.807, 2.05) is 31.2 Å². The predicted molar refractivity (Wildman–Crippen MR) is 66.1 cm³/mol. The maximum Gasteiger partial charge on any atom is 0.197 e. The van der Waals surface area contributed by atoms with Crippen molar-refractivity contribution in [2.75, 3.05) is 7.11 Å². The van der Waals surface area contributed by atoms with Crippen LogP contribution in [-0.4, -0.2) is 17.1 Å². The number of hydrogen-bond donors (Lipinski definition) is 1. The lowest BCUT2D eigenvalue weighted by molar-refractivity contribution is 0.415. The minimum Gasteiger partial charge on any atom is -0.497 e. The molecule has 2 aromatic rings. The zero-order valence-corrected chi connectivity index (χ0v) is 9.97. The molecule has 0 aliphatic rings. The summed E-state index contributed by atoms with van der Waals surface area (Å²) in [5, 5.41) is 0. The van der Waals surface area contributed by atoms with Crippen molar-refractivity contribution in [2.45, 2.75) is 6.92 Å². The summed E-state index contributed by atoms with van der Waals surface area (Å²) in [5.41, 5.74) is 3.09. The lowest BCUT2D eigenvalue weighted by Crippen LogP contribution is -1.92. The van der Waals surface area contributed by atoms with Crippen LogP contribution in [0.3, 0.4) is 0 Å².